The zero-order chi connectivity index (χ0) is 16.4. The monoisotopic (exact) mass is 394 g/mol. The number of rotatable bonds is 10. The number of benzene rings is 2. The number of hydrogen-bond acceptors (Lipinski definition) is 1. The SMILES string of the molecule is CCCCCCCCOP(=[Se])(c1ccccc1)c1ccccc1. The molecule has 124 valence electrons. The summed E-state index contributed by atoms with van der Waals surface area (Å²) in [5, 5.41) is 2.55. The summed E-state index contributed by atoms with van der Waals surface area (Å²) >= 11 is 3.42. The van der Waals surface area contributed by atoms with Crippen LogP contribution in [0.5, 0.6) is 0 Å². The van der Waals surface area contributed by atoms with Crippen molar-refractivity contribution in [1.82, 2.24) is 0 Å². The minimum atomic E-state index is -1.86. The van der Waals surface area contributed by atoms with Gasteiger partial charge in [0.05, 0.1) is 0 Å². The second-order valence-electron chi connectivity index (χ2n) is 5.82. The van der Waals surface area contributed by atoms with Crippen molar-refractivity contribution in [3.05, 3.63) is 60.7 Å². The molecule has 23 heavy (non-hydrogen) atoms. The summed E-state index contributed by atoms with van der Waals surface area (Å²) in [7, 11) is 0. The van der Waals surface area contributed by atoms with E-state index in [0.29, 0.717) is 0 Å². The second-order valence-corrected chi connectivity index (χ2v) is 11.5. The van der Waals surface area contributed by atoms with E-state index in [1.54, 1.807) is 0 Å². The van der Waals surface area contributed by atoms with Crippen LogP contribution in [0.25, 0.3) is 0 Å². The van der Waals surface area contributed by atoms with Gasteiger partial charge >= 0.3 is 149 Å². The number of unbranched alkanes of at least 4 members (excludes halogenated alkanes) is 5. The molecule has 0 aromatic heterocycles. The summed E-state index contributed by atoms with van der Waals surface area (Å²) < 4.78 is 6.46. The third-order valence-electron chi connectivity index (χ3n) is 3.96. The molecule has 1 nitrogen and oxygen atoms in total. The fourth-order valence-electron chi connectivity index (χ4n) is 2.62. The molecular weight excluding hydrogens is 366 g/mol. The van der Waals surface area contributed by atoms with E-state index in [1.165, 1.54) is 42.7 Å². The molecule has 2 aromatic carbocycles. The third kappa shape index (κ3) is 5.73. The normalized spacial score (nSPS) is 11.5. The molecular formula is C20H27OPSe. The molecule has 0 fully saturated rings. The first-order chi connectivity index (χ1) is 11.3. The van der Waals surface area contributed by atoms with Crippen molar-refractivity contribution in [3.63, 3.8) is 0 Å². The van der Waals surface area contributed by atoms with Gasteiger partial charge in [0, 0.05) is 0 Å². The van der Waals surface area contributed by atoms with Crippen LogP contribution in [0.1, 0.15) is 45.4 Å². The van der Waals surface area contributed by atoms with Gasteiger partial charge in [-0.2, -0.15) is 0 Å². The quantitative estimate of drug-likeness (QED) is 0.313. The Morgan fingerprint density at radius 1 is 0.739 bits per heavy atom. The first-order valence-corrected chi connectivity index (χ1v) is 12.6. The van der Waals surface area contributed by atoms with Gasteiger partial charge in [-0.15, -0.1) is 0 Å². The van der Waals surface area contributed by atoms with Gasteiger partial charge in [0.25, 0.3) is 0 Å². The average molecular weight is 393 g/mol. The molecule has 0 radical (unpaired) electrons. The molecule has 0 saturated heterocycles. The molecule has 0 bridgehead atoms. The second kappa shape index (κ2) is 10.3. The molecule has 0 N–H and O–H groups in total. The van der Waals surface area contributed by atoms with Crippen LogP contribution in [0, 0.1) is 0 Å². The van der Waals surface area contributed by atoms with Crippen molar-refractivity contribution in [2.45, 2.75) is 45.4 Å². The summed E-state index contributed by atoms with van der Waals surface area (Å²) in [5.41, 5.74) is -1.86. The topological polar surface area (TPSA) is 9.23 Å². The molecule has 0 spiro atoms. The van der Waals surface area contributed by atoms with Gasteiger partial charge in [-0.05, 0) is 0 Å². The Hall–Kier alpha value is -0.651. The van der Waals surface area contributed by atoms with E-state index in [-0.39, 0.29) is 0 Å². The fourth-order valence-corrected chi connectivity index (χ4v) is 6.74. The predicted octanol–water partition coefficient (Wildman–Crippen LogP) is 5.03. The van der Waals surface area contributed by atoms with E-state index < -0.39 is 5.74 Å². The van der Waals surface area contributed by atoms with E-state index in [4.69, 9.17) is 4.52 Å². The summed E-state index contributed by atoms with van der Waals surface area (Å²) in [4.78, 5) is 0. The van der Waals surface area contributed by atoms with Gasteiger partial charge in [0.1, 0.15) is 0 Å². The van der Waals surface area contributed by atoms with Crippen molar-refractivity contribution in [2.75, 3.05) is 6.61 Å². The Kier molecular flexibility index (Phi) is 8.34. The molecule has 2 aromatic rings. The fraction of sp³-hybridized carbons (Fsp3) is 0.400. The van der Waals surface area contributed by atoms with Crippen LogP contribution in [0.3, 0.4) is 0 Å². The molecule has 0 saturated carbocycles. The molecule has 0 atom stereocenters. The van der Waals surface area contributed by atoms with Gasteiger partial charge in [-0.25, -0.2) is 0 Å². The molecule has 2 rings (SSSR count). The molecule has 3 heteroatoms. The Labute approximate surface area is 148 Å². The zero-order valence-electron chi connectivity index (χ0n) is 14.0. The van der Waals surface area contributed by atoms with E-state index >= 15 is 0 Å². The van der Waals surface area contributed by atoms with Crippen molar-refractivity contribution in [2.24, 2.45) is 0 Å². The average Bonchev–Trinajstić information content (AvgIpc) is 2.62. The van der Waals surface area contributed by atoms with E-state index in [2.05, 4.69) is 82.7 Å². The van der Waals surface area contributed by atoms with Crippen LogP contribution in [-0.2, 0) is 4.52 Å². The summed E-state index contributed by atoms with van der Waals surface area (Å²) in [6.07, 6.45) is 7.75. The first-order valence-electron chi connectivity index (χ1n) is 8.63. The Morgan fingerprint density at radius 3 is 1.74 bits per heavy atom. The Morgan fingerprint density at radius 2 is 1.22 bits per heavy atom. The zero-order valence-corrected chi connectivity index (χ0v) is 16.6. The molecule has 0 aliphatic rings. The van der Waals surface area contributed by atoms with Gasteiger partial charge in [-0.1, -0.05) is 0 Å². The maximum atomic E-state index is 6.46. The van der Waals surface area contributed by atoms with E-state index in [9.17, 15) is 0 Å². The van der Waals surface area contributed by atoms with Crippen LogP contribution in [0.2, 0.25) is 0 Å². The molecule has 0 unspecified atom stereocenters. The summed E-state index contributed by atoms with van der Waals surface area (Å²) in [6.45, 7) is 3.09. The van der Waals surface area contributed by atoms with E-state index in [1.807, 2.05) is 0 Å². The predicted molar refractivity (Wildman–Crippen MR) is 104 cm³/mol. The van der Waals surface area contributed by atoms with Gasteiger partial charge < -0.3 is 0 Å². The maximum absolute atomic E-state index is 6.46. The Bertz CT molecular complexity index is 554. The van der Waals surface area contributed by atoms with Crippen molar-refractivity contribution in [3.8, 4) is 0 Å². The van der Waals surface area contributed by atoms with Gasteiger partial charge in [0.2, 0.25) is 0 Å². The van der Waals surface area contributed by atoms with Crippen LogP contribution in [0.15, 0.2) is 60.7 Å². The first kappa shape index (κ1) is 18.7. The third-order valence-corrected chi connectivity index (χ3v) is 9.78. The van der Waals surface area contributed by atoms with Crippen molar-refractivity contribution in [1.29, 1.82) is 0 Å². The minimum absolute atomic E-state index is 0.830. The summed E-state index contributed by atoms with van der Waals surface area (Å²) in [5.74, 6) is 0. The van der Waals surface area contributed by atoms with Crippen LogP contribution < -0.4 is 10.6 Å². The van der Waals surface area contributed by atoms with Crippen LogP contribution in [-0.4, -0.2) is 21.7 Å². The number of hydrogen-bond donors (Lipinski definition) is 0. The standard InChI is InChI=1S/C20H27OPSe/c1-2-3-4-5-6-13-18-21-22(23,19-14-9-7-10-15-19)20-16-11-8-12-17-20/h7-12,14-17H,2-6,13,18H2,1H3. The van der Waals surface area contributed by atoms with Crippen molar-refractivity contribution < 1.29 is 4.52 Å². The van der Waals surface area contributed by atoms with Gasteiger partial charge in [-0.3, -0.25) is 0 Å². The summed E-state index contributed by atoms with van der Waals surface area (Å²) in [6, 6.07) is 21.2. The Balaban J connectivity index is 2.00. The molecule has 0 heterocycles. The molecule has 0 aliphatic heterocycles. The molecule has 0 amide bonds. The molecule has 0 aliphatic carbocycles. The van der Waals surface area contributed by atoms with Crippen LogP contribution in [0.4, 0.5) is 0 Å². The van der Waals surface area contributed by atoms with Crippen molar-refractivity contribution >= 4 is 31.4 Å². The van der Waals surface area contributed by atoms with Gasteiger partial charge in [0.15, 0.2) is 0 Å². The van der Waals surface area contributed by atoms with Crippen LogP contribution >= 0.6 is 5.74 Å². The van der Waals surface area contributed by atoms with E-state index in [0.717, 1.165) is 13.0 Å².